The van der Waals surface area contributed by atoms with Crippen LogP contribution in [0.1, 0.15) is 33.6 Å². The van der Waals surface area contributed by atoms with E-state index >= 15 is 0 Å². The summed E-state index contributed by atoms with van der Waals surface area (Å²) >= 11 is 0. The maximum atomic E-state index is 11.3. The number of hydrogen-bond donors (Lipinski definition) is 0. The average molecular weight is 201 g/mol. The van der Waals surface area contributed by atoms with Gasteiger partial charge in [-0.15, -0.1) is 0 Å². The first kappa shape index (κ1) is 13.4. The zero-order valence-corrected chi connectivity index (χ0v) is 10.1. The van der Waals surface area contributed by atoms with E-state index in [4.69, 9.17) is 4.74 Å². The van der Waals surface area contributed by atoms with Crippen LogP contribution in [0.15, 0.2) is 0 Å². The summed E-state index contributed by atoms with van der Waals surface area (Å²) in [6.07, 6.45) is 1.40. The van der Waals surface area contributed by atoms with Gasteiger partial charge in [0, 0.05) is 6.54 Å². The Labute approximate surface area is 87.4 Å². The number of carbonyl (C=O) groups excluding carboxylic acids is 1. The first-order chi connectivity index (χ1) is 6.31. The molecule has 14 heavy (non-hydrogen) atoms. The molecule has 0 atom stereocenters. The van der Waals surface area contributed by atoms with Gasteiger partial charge in [0.1, 0.15) is 0 Å². The summed E-state index contributed by atoms with van der Waals surface area (Å²) < 4.78 is 5.10. The molecule has 0 amide bonds. The van der Waals surface area contributed by atoms with Gasteiger partial charge in [-0.05, 0) is 25.9 Å². The van der Waals surface area contributed by atoms with Crippen LogP contribution in [-0.4, -0.2) is 38.1 Å². The molecule has 0 fully saturated rings. The van der Waals surface area contributed by atoms with E-state index in [2.05, 4.69) is 4.90 Å². The number of nitrogens with zero attached hydrogens (tertiary/aromatic N) is 1. The van der Waals surface area contributed by atoms with Gasteiger partial charge >= 0.3 is 5.97 Å². The van der Waals surface area contributed by atoms with Crippen molar-refractivity contribution >= 4 is 5.97 Å². The first-order valence-electron chi connectivity index (χ1n) is 5.11. The Kier molecular flexibility index (Phi) is 5.77. The van der Waals surface area contributed by atoms with Crippen molar-refractivity contribution in [1.82, 2.24) is 4.90 Å². The van der Waals surface area contributed by atoms with Crippen LogP contribution in [0.4, 0.5) is 0 Å². The highest BCUT2D eigenvalue weighted by atomic mass is 16.5. The molecule has 3 heteroatoms. The van der Waals surface area contributed by atoms with Crippen molar-refractivity contribution in [3.05, 3.63) is 0 Å². The topological polar surface area (TPSA) is 29.5 Å². The highest BCUT2D eigenvalue weighted by Gasteiger charge is 2.16. The largest absolute Gasteiger partial charge is 0.466 e. The minimum atomic E-state index is -0.0868. The molecule has 0 aliphatic carbocycles. The zero-order chi connectivity index (χ0) is 11.2. The Balaban J connectivity index is 3.46. The van der Waals surface area contributed by atoms with Gasteiger partial charge in [0.15, 0.2) is 0 Å². The maximum Gasteiger partial charge on any atom is 0.306 e. The molecule has 0 aromatic carbocycles. The number of rotatable bonds is 5. The molecule has 0 aromatic heterocycles. The van der Waals surface area contributed by atoms with E-state index in [0.29, 0.717) is 13.0 Å². The molecular weight excluding hydrogens is 178 g/mol. The summed E-state index contributed by atoms with van der Waals surface area (Å²) in [6, 6.07) is 0. The highest BCUT2D eigenvalue weighted by molar-refractivity contribution is 5.70. The second-order valence-corrected chi connectivity index (χ2v) is 5.11. The van der Waals surface area contributed by atoms with Gasteiger partial charge in [-0.1, -0.05) is 20.8 Å². The minimum Gasteiger partial charge on any atom is -0.466 e. The lowest BCUT2D eigenvalue weighted by atomic mass is 9.92. The SMILES string of the molecule is CN(C)CCCOC(=O)CC(C)(C)C. The summed E-state index contributed by atoms with van der Waals surface area (Å²) in [5, 5.41) is 0. The van der Waals surface area contributed by atoms with Crippen molar-refractivity contribution in [2.45, 2.75) is 33.6 Å². The van der Waals surface area contributed by atoms with Crippen molar-refractivity contribution < 1.29 is 9.53 Å². The molecule has 0 bridgehead atoms. The van der Waals surface area contributed by atoms with Crippen molar-refractivity contribution in [3.8, 4) is 0 Å². The van der Waals surface area contributed by atoms with E-state index in [1.807, 2.05) is 34.9 Å². The van der Waals surface area contributed by atoms with E-state index in [1.54, 1.807) is 0 Å². The van der Waals surface area contributed by atoms with Crippen molar-refractivity contribution in [1.29, 1.82) is 0 Å². The molecule has 0 saturated heterocycles. The fourth-order valence-electron chi connectivity index (χ4n) is 1.05. The predicted molar refractivity (Wildman–Crippen MR) is 58.2 cm³/mol. The molecule has 0 N–H and O–H groups in total. The quantitative estimate of drug-likeness (QED) is 0.503. The molecule has 0 aliphatic rings. The fourth-order valence-corrected chi connectivity index (χ4v) is 1.05. The summed E-state index contributed by atoms with van der Waals surface area (Å²) in [5.74, 6) is -0.0868. The normalized spacial score (nSPS) is 11.9. The Morgan fingerprint density at radius 2 is 1.86 bits per heavy atom. The van der Waals surface area contributed by atoms with Crippen molar-refractivity contribution in [2.75, 3.05) is 27.2 Å². The molecule has 0 spiro atoms. The van der Waals surface area contributed by atoms with Crippen LogP contribution in [0.25, 0.3) is 0 Å². The lowest BCUT2D eigenvalue weighted by Gasteiger charge is -2.16. The van der Waals surface area contributed by atoms with Gasteiger partial charge in [-0.2, -0.15) is 0 Å². The van der Waals surface area contributed by atoms with E-state index in [1.165, 1.54) is 0 Å². The van der Waals surface area contributed by atoms with E-state index < -0.39 is 0 Å². The first-order valence-corrected chi connectivity index (χ1v) is 5.11. The summed E-state index contributed by atoms with van der Waals surface area (Å²) in [5.41, 5.74) is 0.0264. The third-order valence-electron chi connectivity index (χ3n) is 1.69. The molecule has 0 aromatic rings. The maximum absolute atomic E-state index is 11.3. The van der Waals surface area contributed by atoms with Gasteiger partial charge in [0.25, 0.3) is 0 Å². The smallest absolute Gasteiger partial charge is 0.306 e. The van der Waals surface area contributed by atoms with Crippen LogP contribution in [-0.2, 0) is 9.53 Å². The van der Waals surface area contributed by atoms with Gasteiger partial charge < -0.3 is 9.64 Å². The van der Waals surface area contributed by atoms with Crippen LogP contribution in [0.3, 0.4) is 0 Å². The third kappa shape index (κ3) is 9.52. The molecule has 3 nitrogen and oxygen atoms in total. The number of carbonyl (C=O) groups is 1. The average Bonchev–Trinajstić information content (AvgIpc) is 1.94. The Morgan fingerprint density at radius 1 is 1.29 bits per heavy atom. The third-order valence-corrected chi connectivity index (χ3v) is 1.69. The lowest BCUT2D eigenvalue weighted by Crippen LogP contribution is -2.18. The van der Waals surface area contributed by atoms with Crippen molar-refractivity contribution in [3.63, 3.8) is 0 Å². The summed E-state index contributed by atoms with van der Waals surface area (Å²) in [7, 11) is 4.02. The van der Waals surface area contributed by atoms with Crippen LogP contribution >= 0.6 is 0 Å². The van der Waals surface area contributed by atoms with Crippen LogP contribution < -0.4 is 0 Å². The number of hydrogen-bond acceptors (Lipinski definition) is 3. The Bertz CT molecular complexity index is 171. The monoisotopic (exact) mass is 201 g/mol. The zero-order valence-electron chi connectivity index (χ0n) is 10.1. The predicted octanol–water partition coefficient (Wildman–Crippen LogP) is 1.92. The molecule has 0 rings (SSSR count). The van der Waals surface area contributed by atoms with Gasteiger partial charge in [0.05, 0.1) is 13.0 Å². The second-order valence-electron chi connectivity index (χ2n) is 5.11. The van der Waals surface area contributed by atoms with Crippen LogP contribution in [0, 0.1) is 5.41 Å². The van der Waals surface area contributed by atoms with E-state index in [9.17, 15) is 4.79 Å². The number of esters is 1. The van der Waals surface area contributed by atoms with E-state index in [0.717, 1.165) is 13.0 Å². The molecule has 0 radical (unpaired) electrons. The van der Waals surface area contributed by atoms with E-state index in [-0.39, 0.29) is 11.4 Å². The standard InChI is InChI=1S/C11H23NO2/c1-11(2,3)9-10(13)14-8-6-7-12(4)5/h6-9H2,1-5H3. The Morgan fingerprint density at radius 3 is 2.29 bits per heavy atom. The molecular formula is C11H23NO2. The molecule has 84 valence electrons. The lowest BCUT2D eigenvalue weighted by molar-refractivity contribution is -0.145. The highest BCUT2D eigenvalue weighted by Crippen LogP contribution is 2.18. The van der Waals surface area contributed by atoms with Gasteiger partial charge in [-0.25, -0.2) is 0 Å². The summed E-state index contributed by atoms with van der Waals surface area (Å²) in [6.45, 7) is 7.60. The summed E-state index contributed by atoms with van der Waals surface area (Å²) in [4.78, 5) is 13.3. The number of ether oxygens (including phenoxy) is 1. The second kappa shape index (κ2) is 6.02. The van der Waals surface area contributed by atoms with Crippen LogP contribution in [0.2, 0.25) is 0 Å². The molecule has 0 unspecified atom stereocenters. The molecule has 0 saturated carbocycles. The van der Waals surface area contributed by atoms with Gasteiger partial charge in [0.2, 0.25) is 0 Å². The van der Waals surface area contributed by atoms with Crippen LogP contribution in [0.5, 0.6) is 0 Å². The fraction of sp³-hybridized carbons (Fsp3) is 0.909. The Hall–Kier alpha value is -0.570. The van der Waals surface area contributed by atoms with Crippen molar-refractivity contribution in [2.24, 2.45) is 5.41 Å². The van der Waals surface area contributed by atoms with Gasteiger partial charge in [-0.3, -0.25) is 4.79 Å². The molecule has 0 aliphatic heterocycles. The minimum absolute atomic E-state index is 0.0264. The molecule has 0 heterocycles.